The standard InChI is InChI=1S/C12H27N3O2S/c1-3-12-11-14(2)8-6-9-15(12)18(16,17)10-5-4-7-13/h12H,3-11,13H2,1-2H3. The van der Waals surface area contributed by atoms with E-state index in [0.29, 0.717) is 19.5 Å². The quantitative estimate of drug-likeness (QED) is 0.717. The molecule has 1 aliphatic heterocycles. The van der Waals surface area contributed by atoms with Gasteiger partial charge < -0.3 is 10.6 Å². The van der Waals surface area contributed by atoms with E-state index in [1.165, 1.54) is 0 Å². The molecule has 0 bridgehead atoms. The van der Waals surface area contributed by atoms with Crippen molar-refractivity contribution in [2.24, 2.45) is 5.73 Å². The minimum absolute atomic E-state index is 0.125. The fourth-order valence-corrected chi connectivity index (χ4v) is 4.35. The Hall–Kier alpha value is -0.170. The Morgan fingerprint density at radius 1 is 1.28 bits per heavy atom. The van der Waals surface area contributed by atoms with Crippen LogP contribution in [0.15, 0.2) is 0 Å². The van der Waals surface area contributed by atoms with Crippen LogP contribution in [0.5, 0.6) is 0 Å². The number of nitrogens with two attached hydrogens (primary N) is 1. The van der Waals surface area contributed by atoms with Gasteiger partial charge in [0.05, 0.1) is 5.75 Å². The van der Waals surface area contributed by atoms with Crippen molar-refractivity contribution in [3.8, 4) is 0 Å². The topological polar surface area (TPSA) is 66.6 Å². The summed E-state index contributed by atoms with van der Waals surface area (Å²) in [6, 6.07) is 0.125. The maximum absolute atomic E-state index is 12.4. The molecule has 1 fully saturated rings. The fourth-order valence-electron chi connectivity index (χ4n) is 2.47. The second-order valence-electron chi connectivity index (χ2n) is 5.10. The molecule has 1 saturated heterocycles. The first-order valence-electron chi connectivity index (χ1n) is 6.89. The van der Waals surface area contributed by atoms with E-state index in [1.807, 2.05) is 0 Å². The van der Waals surface area contributed by atoms with E-state index < -0.39 is 10.0 Å². The average molecular weight is 277 g/mol. The fraction of sp³-hybridized carbons (Fsp3) is 1.00. The Bertz CT molecular complexity index is 332. The Morgan fingerprint density at radius 2 is 2.00 bits per heavy atom. The lowest BCUT2D eigenvalue weighted by Gasteiger charge is -2.29. The SMILES string of the molecule is CCC1CN(C)CCCN1S(=O)(=O)CCCCN. The number of sulfonamides is 1. The van der Waals surface area contributed by atoms with Gasteiger partial charge in [-0.2, -0.15) is 4.31 Å². The van der Waals surface area contributed by atoms with Gasteiger partial charge in [-0.05, 0) is 45.8 Å². The second kappa shape index (κ2) is 7.43. The molecule has 1 atom stereocenters. The zero-order valence-electron chi connectivity index (χ0n) is 11.6. The van der Waals surface area contributed by atoms with Crippen molar-refractivity contribution in [3.63, 3.8) is 0 Å². The molecule has 0 aliphatic carbocycles. The Morgan fingerprint density at radius 3 is 2.61 bits per heavy atom. The molecule has 0 radical (unpaired) electrons. The van der Waals surface area contributed by atoms with Gasteiger partial charge in [0.15, 0.2) is 0 Å². The molecule has 0 amide bonds. The molecule has 1 heterocycles. The molecule has 0 aromatic heterocycles. The first-order valence-corrected chi connectivity index (χ1v) is 8.50. The molecular formula is C12H27N3O2S. The summed E-state index contributed by atoms with van der Waals surface area (Å²) in [6.45, 7) is 5.10. The van der Waals surface area contributed by atoms with E-state index in [9.17, 15) is 8.42 Å². The molecule has 2 N–H and O–H groups in total. The first-order chi connectivity index (χ1) is 8.51. The third-order valence-corrected chi connectivity index (χ3v) is 5.53. The van der Waals surface area contributed by atoms with Crippen LogP contribution in [0.2, 0.25) is 0 Å². The van der Waals surface area contributed by atoms with Crippen molar-refractivity contribution < 1.29 is 8.42 Å². The van der Waals surface area contributed by atoms with Crippen LogP contribution in [-0.2, 0) is 10.0 Å². The molecule has 18 heavy (non-hydrogen) atoms. The lowest BCUT2D eigenvalue weighted by Crippen LogP contribution is -2.44. The summed E-state index contributed by atoms with van der Waals surface area (Å²) in [5.74, 6) is 0.240. The van der Waals surface area contributed by atoms with Crippen molar-refractivity contribution in [1.82, 2.24) is 9.21 Å². The van der Waals surface area contributed by atoms with Gasteiger partial charge in [-0.15, -0.1) is 0 Å². The van der Waals surface area contributed by atoms with Crippen molar-refractivity contribution in [2.75, 3.05) is 39.0 Å². The first kappa shape index (κ1) is 15.9. The summed E-state index contributed by atoms with van der Waals surface area (Å²) in [5, 5.41) is 0. The maximum atomic E-state index is 12.4. The van der Waals surface area contributed by atoms with E-state index in [4.69, 9.17) is 5.73 Å². The zero-order valence-corrected chi connectivity index (χ0v) is 12.5. The molecule has 1 aliphatic rings. The highest BCUT2D eigenvalue weighted by molar-refractivity contribution is 7.89. The summed E-state index contributed by atoms with van der Waals surface area (Å²) < 4.78 is 26.4. The smallest absolute Gasteiger partial charge is 0.214 e. The average Bonchev–Trinajstić information content (AvgIpc) is 2.51. The van der Waals surface area contributed by atoms with Crippen molar-refractivity contribution in [1.29, 1.82) is 0 Å². The third-order valence-electron chi connectivity index (χ3n) is 3.53. The van der Waals surface area contributed by atoms with Gasteiger partial charge in [-0.3, -0.25) is 0 Å². The molecule has 0 aromatic carbocycles. The van der Waals surface area contributed by atoms with Gasteiger partial charge >= 0.3 is 0 Å². The predicted molar refractivity (Wildman–Crippen MR) is 75.0 cm³/mol. The van der Waals surface area contributed by atoms with E-state index in [1.54, 1.807) is 4.31 Å². The van der Waals surface area contributed by atoms with Gasteiger partial charge in [0.2, 0.25) is 10.0 Å². The Balaban J connectivity index is 2.70. The monoisotopic (exact) mass is 277 g/mol. The summed E-state index contributed by atoms with van der Waals surface area (Å²) in [6.07, 6.45) is 3.24. The highest BCUT2D eigenvalue weighted by Crippen LogP contribution is 2.17. The van der Waals surface area contributed by atoms with Crippen LogP contribution in [0.3, 0.4) is 0 Å². The molecular weight excluding hydrogens is 250 g/mol. The number of hydrogen-bond acceptors (Lipinski definition) is 4. The van der Waals surface area contributed by atoms with Crippen LogP contribution >= 0.6 is 0 Å². The Labute approximate surface area is 111 Å². The van der Waals surface area contributed by atoms with E-state index in [0.717, 1.165) is 32.4 Å². The molecule has 0 saturated carbocycles. The van der Waals surface area contributed by atoms with Crippen LogP contribution in [0.25, 0.3) is 0 Å². The molecule has 108 valence electrons. The largest absolute Gasteiger partial charge is 0.330 e. The van der Waals surface area contributed by atoms with E-state index >= 15 is 0 Å². The van der Waals surface area contributed by atoms with Gasteiger partial charge in [0.25, 0.3) is 0 Å². The van der Waals surface area contributed by atoms with Crippen LogP contribution in [0.4, 0.5) is 0 Å². The van der Waals surface area contributed by atoms with Crippen LogP contribution in [-0.4, -0.2) is 62.6 Å². The zero-order chi connectivity index (χ0) is 13.6. The summed E-state index contributed by atoms with van der Waals surface area (Å²) in [5.41, 5.74) is 5.42. The minimum atomic E-state index is -3.11. The van der Waals surface area contributed by atoms with E-state index in [2.05, 4.69) is 18.9 Å². The molecule has 1 unspecified atom stereocenters. The highest BCUT2D eigenvalue weighted by atomic mass is 32.2. The van der Waals surface area contributed by atoms with Gasteiger partial charge in [-0.1, -0.05) is 6.92 Å². The lowest BCUT2D eigenvalue weighted by atomic mass is 10.2. The minimum Gasteiger partial charge on any atom is -0.330 e. The summed E-state index contributed by atoms with van der Waals surface area (Å²) in [7, 11) is -1.05. The molecule has 5 nitrogen and oxygen atoms in total. The number of unbranched alkanes of at least 4 members (excludes halogenated alkanes) is 1. The number of rotatable bonds is 6. The van der Waals surface area contributed by atoms with Gasteiger partial charge in [-0.25, -0.2) is 8.42 Å². The lowest BCUT2D eigenvalue weighted by molar-refractivity contribution is 0.270. The van der Waals surface area contributed by atoms with Crippen LogP contribution in [0, 0.1) is 0 Å². The number of likely N-dealkylation sites (N-methyl/N-ethyl adjacent to an activating group) is 1. The molecule has 1 rings (SSSR count). The summed E-state index contributed by atoms with van der Waals surface area (Å²) in [4.78, 5) is 2.23. The highest BCUT2D eigenvalue weighted by Gasteiger charge is 2.30. The van der Waals surface area contributed by atoms with Crippen molar-refractivity contribution >= 4 is 10.0 Å². The Kier molecular flexibility index (Phi) is 6.55. The van der Waals surface area contributed by atoms with E-state index in [-0.39, 0.29) is 11.8 Å². The van der Waals surface area contributed by atoms with Crippen LogP contribution in [0.1, 0.15) is 32.6 Å². The van der Waals surface area contributed by atoms with Gasteiger partial charge in [0, 0.05) is 19.1 Å². The molecule has 6 heteroatoms. The van der Waals surface area contributed by atoms with Crippen molar-refractivity contribution in [3.05, 3.63) is 0 Å². The predicted octanol–water partition coefficient (Wildman–Crippen LogP) is 0.471. The van der Waals surface area contributed by atoms with Gasteiger partial charge in [0.1, 0.15) is 0 Å². The van der Waals surface area contributed by atoms with Crippen LogP contribution < -0.4 is 5.73 Å². The molecule has 0 aromatic rings. The second-order valence-corrected chi connectivity index (χ2v) is 7.14. The third kappa shape index (κ3) is 4.50. The maximum Gasteiger partial charge on any atom is 0.214 e. The number of nitrogens with zero attached hydrogens (tertiary/aromatic N) is 2. The normalized spacial score (nSPS) is 24.1. The summed E-state index contributed by atoms with van der Waals surface area (Å²) >= 11 is 0. The van der Waals surface area contributed by atoms with Crippen molar-refractivity contribution in [2.45, 2.75) is 38.6 Å². The number of hydrogen-bond donors (Lipinski definition) is 1. The molecule has 0 spiro atoms.